The Morgan fingerprint density at radius 2 is 2.18 bits per heavy atom. The smallest absolute Gasteiger partial charge is 0.231 e. The van der Waals surface area contributed by atoms with Crippen molar-refractivity contribution in [1.29, 1.82) is 0 Å². The average Bonchev–Trinajstić information content (AvgIpc) is 3.25. The highest BCUT2D eigenvalue weighted by Crippen LogP contribution is 2.28. The first-order valence-electron chi connectivity index (χ1n) is 9.38. The van der Waals surface area contributed by atoms with E-state index in [1.807, 2.05) is 41.3 Å². The lowest BCUT2D eigenvalue weighted by atomic mass is 9.97. The van der Waals surface area contributed by atoms with Crippen molar-refractivity contribution in [2.24, 2.45) is 0 Å². The van der Waals surface area contributed by atoms with Crippen LogP contribution >= 0.6 is 0 Å². The predicted octanol–water partition coefficient (Wildman–Crippen LogP) is 3.09. The van der Waals surface area contributed by atoms with E-state index in [-0.39, 0.29) is 11.8 Å². The Hall–Kier alpha value is -3.22. The molecule has 0 N–H and O–H groups in total. The summed E-state index contributed by atoms with van der Waals surface area (Å²) in [6.07, 6.45) is 5.57. The molecular formula is C21H22N4O3. The molecule has 0 radical (unpaired) electrons. The fourth-order valence-electron chi connectivity index (χ4n) is 3.54. The highest BCUT2D eigenvalue weighted by atomic mass is 16.5. The number of ether oxygens (including phenoxy) is 1. The summed E-state index contributed by atoms with van der Waals surface area (Å²) in [6.45, 7) is 1.33. The van der Waals surface area contributed by atoms with Crippen LogP contribution in [0.2, 0.25) is 0 Å². The van der Waals surface area contributed by atoms with Gasteiger partial charge < -0.3 is 14.2 Å². The van der Waals surface area contributed by atoms with E-state index in [0.29, 0.717) is 24.7 Å². The zero-order valence-electron chi connectivity index (χ0n) is 15.7. The van der Waals surface area contributed by atoms with Gasteiger partial charge in [-0.05, 0) is 31.0 Å². The van der Waals surface area contributed by atoms with Crippen molar-refractivity contribution in [2.45, 2.75) is 25.2 Å². The van der Waals surface area contributed by atoms with Crippen molar-refractivity contribution < 1.29 is 14.1 Å². The fourth-order valence-corrected chi connectivity index (χ4v) is 3.54. The molecule has 7 heteroatoms. The van der Waals surface area contributed by atoms with Crippen LogP contribution in [0, 0.1) is 0 Å². The molecule has 28 heavy (non-hydrogen) atoms. The molecule has 0 bridgehead atoms. The second kappa shape index (κ2) is 8.21. The van der Waals surface area contributed by atoms with Gasteiger partial charge in [-0.3, -0.25) is 9.78 Å². The molecule has 1 saturated heterocycles. The molecule has 7 nitrogen and oxygen atoms in total. The molecule has 1 aliphatic heterocycles. The molecule has 1 amide bonds. The molecule has 1 aliphatic rings. The summed E-state index contributed by atoms with van der Waals surface area (Å²) in [4.78, 5) is 23.3. The third-order valence-corrected chi connectivity index (χ3v) is 5.02. The van der Waals surface area contributed by atoms with Gasteiger partial charge in [0.1, 0.15) is 5.75 Å². The van der Waals surface area contributed by atoms with Gasteiger partial charge in [-0.2, -0.15) is 4.98 Å². The first-order chi connectivity index (χ1) is 13.7. The number of likely N-dealkylation sites (tertiary alicyclic amines) is 1. The minimum absolute atomic E-state index is 0.0493. The van der Waals surface area contributed by atoms with Crippen molar-refractivity contribution in [3.63, 3.8) is 0 Å². The van der Waals surface area contributed by atoms with Crippen LogP contribution in [0.25, 0.3) is 11.4 Å². The molecule has 3 aromatic rings. The molecule has 4 rings (SSSR count). The Balaban J connectivity index is 1.44. The zero-order valence-corrected chi connectivity index (χ0v) is 15.7. The fraction of sp³-hybridized carbons (Fsp3) is 0.333. The van der Waals surface area contributed by atoms with Gasteiger partial charge in [0.15, 0.2) is 0 Å². The number of hydrogen-bond acceptors (Lipinski definition) is 6. The van der Waals surface area contributed by atoms with Crippen LogP contribution in [0.3, 0.4) is 0 Å². The standard InChI is InChI=1S/C21H22N4O3/c1-27-18-9-3-2-6-15(18)12-19(26)25-11-5-8-17(14-25)21-23-20(24-28-21)16-7-4-10-22-13-16/h2-4,6-7,9-10,13,17H,5,8,11-12,14H2,1H3/t17-/m0/s1. The number of pyridine rings is 1. The van der Waals surface area contributed by atoms with E-state index in [4.69, 9.17) is 9.26 Å². The number of carbonyl (C=O) groups is 1. The van der Waals surface area contributed by atoms with Gasteiger partial charge in [0, 0.05) is 36.6 Å². The van der Waals surface area contributed by atoms with Gasteiger partial charge in [-0.25, -0.2) is 0 Å². The number of para-hydroxylation sites is 1. The number of benzene rings is 1. The zero-order chi connectivity index (χ0) is 19.3. The highest BCUT2D eigenvalue weighted by molar-refractivity contribution is 5.79. The van der Waals surface area contributed by atoms with Crippen molar-refractivity contribution in [3.05, 3.63) is 60.2 Å². The first-order valence-corrected chi connectivity index (χ1v) is 9.38. The molecule has 0 unspecified atom stereocenters. The molecule has 0 saturated carbocycles. The lowest BCUT2D eigenvalue weighted by molar-refractivity contribution is -0.131. The van der Waals surface area contributed by atoms with E-state index in [2.05, 4.69) is 15.1 Å². The van der Waals surface area contributed by atoms with Crippen molar-refractivity contribution in [1.82, 2.24) is 20.0 Å². The Labute approximate surface area is 163 Å². The number of carbonyl (C=O) groups excluding carboxylic acids is 1. The number of amides is 1. The Morgan fingerprint density at radius 3 is 3.00 bits per heavy atom. The van der Waals surface area contributed by atoms with Crippen LogP contribution in [0.4, 0.5) is 0 Å². The van der Waals surface area contributed by atoms with Crippen molar-refractivity contribution >= 4 is 5.91 Å². The van der Waals surface area contributed by atoms with Gasteiger partial charge in [-0.1, -0.05) is 23.4 Å². The predicted molar refractivity (Wildman–Crippen MR) is 103 cm³/mol. The summed E-state index contributed by atoms with van der Waals surface area (Å²) in [5, 5.41) is 4.08. The lowest BCUT2D eigenvalue weighted by Gasteiger charge is -2.31. The van der Waals surface area contributed by atoms with Gasteiger partial charge >= 0.3 is 0 Å². The summed E-state index contributed by atoms with van der Waals surface area (Å²) in [6, 6.07) is 11.4. The second-order valence-electron chi connectivity index (χ2n) is 6.87. The number of piperidine rings is 1. The number of nitrogens with zero attached hydrogens (tertiary/aromatic N) is 4. The van der Waals surface area contributed by atoms with Gasteiger partial charge in [0.25, 0.3) is 0 Å². The van der Waals surface area contributed by atoms with Gasteiger partial charge in [-0.15, -0.1) is 0 Å². The van der Waals surface area contributed by atoms with Crippen LogP contribution in [0.15, 0.2) is 53.3 Å². The van der Waals surface area contributed by atoms with E-state index in [1.165, 1.54) is 0 Å². The van der Waals surface area contributed by atoms with Crippen molar-refractivity contribution in [2.75, 3.05) is 20.2 Å². The molecule has 0 aliphatic carbocycles. The van der Waals surface area contributed by atoms with Crippen LogP contribution in [-0.4, -0.2) is 46.1 Å². The third-order valence-electron chi connectivity index (χ3n) is 5.02. The molecule has 144 valence electrons. The SMILES string of the molecule is COc1ccccc1CC(=O)N1CCC[C@H](c2nc(-c3cccnc3)no2)C1. The molecule has 1 atom stereocenters. The number of rotatable bonds is 5. The van der Waals surface area contributed by atoms with Crippen LogP contribution in [-0.2, 0) is 11.2 Å². The molecule has 2 aromatic heterocycles. The van der Waals surface area contributed by atoms with Crippen LogP contribution in [0.1, 0.15) is 30.2 Å². The molecule has 3 heterocycles. The molecule has 0 spiro atoms. The van der Waals surface area contributed by atoms with Gasteiger partial charge in [0.2, 0.25) is 17.6 Å². The summed E-state index contributed by atoms with van der Waals surface area (Å²) in [5.74, 6) is 1.98. The quantitative estimate of drug-likeness (QED) is 0.679. The third kappa shape index (κ3) is 3.88. The van der Waals surface area contributed by atoms with E-state index in [1.54, 1.807) is 19.5 Å². The number of hydrogen-bond donors (Lipinski definition) is 0. The normalized spacial score (nSPS) is 16.8. The van der Waals surface area contributed by atoms with Crippen LogP contribution in [0.5, 0.6) is 5.75 Å². The maximum atomic E-state index is 12.8. The Bertz CT molecular complexity index is 942. The minimum Gasteiger partial charge on any atom is -0.496 e. The van der Waals surface area contributed by atoms with E-state index in [0.717, 1.165) is 36.3 Å². The monoisotopic (exact) mass is 378 g/mol. The number of methoxy groups -OCH3 is 1. The Kier molecular flexibility index (Phi) is 5.32. The van der Waals surface area contributed by atoms with E-state index >= 15 is 0 Å². The second-order valence-corrected chi connectivity index (χ2v) is 6.87. The molecule has 1 aromatic carbocycles. The summed E-state index contributed by atoms with van der Waals surface area (Å²) < 4.78 is 10.9. The first kappa shape index (κ1) is 18.2. The van der Waals surface area contributed by atoms with Crippen molar-refractivity contribution in [3.8, 4) is 17.1 Å². The van der Waals surface area contributed by atoms with E-state index < -0.39 is 0 Å². The largest absolute Gasteiger partial charge is 0.496 e. The van der Waals surface area contributed by atoms with E-state index in [9.17, 15) is 4.79 Å². The topological polar surface area (TPSA) is 81.4 Å². The summed E-state index contributed by atoms with van der Waals surface area (Å²) in [5.41, 5.74) is 1.71. The summed E-state index contributed by atoms with van der Waals surface area (Å²) >= 11 is 0. The number of aromatic nitrogens is 3. The molecular weight excluding hydrogens is 356 g/mol. The highest BCUT2D eigenvalue weighted by Gasteiger charge is 2.29. The van der Waals surface area contributed by atoms with Gasteiger partial charge in [0.05, 0.1) is 19.4 Å². The van der Waals surface area contributed by atoms with Crippen LogP contribution < -0.4 is 4.74 Å². The lowest BCUT2D eigenvalue weighted by Crippen LogP contribution is -2.40. The minimum atomic E-state index is 0.0493. The molecule has 1 fully saturated rings. The maximum absolute atomic E-state index is 12.8. The average molecular weight is 378 g/mol. The summed E-state index contributed by atoms with van der Waals surface area (Å²) in [7, 11) is 1.62. The Morgan fingerprint density at radius 1 is 1.29 bits per heavy atom. The maximum Gasteiger partial charge on any atom is 0.231 e.